The summed E-state index contributed by atoms with van der Waals surface area (Å²) in [5, 5.41) is 39.9. The Hall–Kier alpha value is -0.743. The van der Waals surface area contributed by atoms with E-state index in [0.717, 1.165) is 14.2 Å². The van der Waals surface area contributed by atoms with Gasteiger partial charge in [-0.05, 0) is 12.8 Å². The minimum Gasteiger partial charge on any atom is -0.870 e. The third-order valence-corrected chi connectivity index (χ3v) is 4.52. The average molecular weight is 452 g/mol. The molecule has 11 nitrogen and oxygen atoms in total. The summed E-state index contributed by atoms with van der Waals surface area (Å²) < 4.78 is 14.5. The first-order valence-electron chi connectivity index (χ1n) is 9.51. The summed E-state index contributed by atoms with van der Waals surface area (Å²) in [7, 11) is 3.34. The van der Waals surface area contributed by atoms with Gasteiger partial charge in [0.2, 0.25) is 0 Å². The topological polar surface area (TPSA) is 200 Å². The van der Waals surface area contributed by atoms with Crippen LogP contribution in [0.1, 0.15) is 40.5 Å². The third kappa shape index (κ3) is 12.8. The summed E-state index contributed by atoms with van der Waals surface area (Å²) in [5.41, 5.74) is -1.74. The normalized spacial score (nSPS) is 23.2. The summed E-state index contributed by atoms with van der Waals surface area (Å²) in [4.78, 5) is 21.8. The number of methoxy groups -OCH3 is 1. The summed E-state index contributed by atoms with van der Waals surface area (Å²) in [6.07, 6.45) is 1.04. The van der Waals surface area contributed by atoms with Gasteiger partial charge in [-0.2, -0.15) is 0 Å². The fourth-order valence-electron chi connectivity index (χ4n) is 2.40. The molecular formula is C19H41LiO11. The van der Waals surface area contributed by atoms with Gasteiger partial charge in [-0.15, -0.1) is 0 Å². The number of carbonyl (C=O) groups is 2. The number of aliphatic carboxylic acids is 1. The minimum absolute atomic E-state index is 0. The predicted octanol–water partition coefficient (Wildman–Crippen LogP) is -3.12. The SMILES string of the molecule is CC.CO.CO.COC(=O)[C@]1([C@H](C)CCO)CO1.C[C@H](CCO)[C@@]1(C(=O)O)CO1.[Li+].[OH-]. The number of carbonyl (C=O) groups excluding carboxylic acids is 1. The molecule has 0 aromatic heterocycles. The fraction of sp³-hybridized carbons (Fsp3) is 0.895. The van der Waals surface area contributed by atoms with Gasteiger partial charge in [0.05, 0.1) is 20.3 Å². The van der Waals surface area contributed by atoms with Crippen LogP contribution in [0.15, 0.2) is 0 Å². The molecule has 2 aliphatic heterocycles. The first kappa shape index (κ1) is 40.6. The van der Waals surface area contributed by atoms with Crippen LogP contribution in [0.5, 0.6) is 0 Å². The molecule has 6 N–H and O–H groups in total. The standard InChI is InChI=1S/C8H14O4.C7H12O4.C2H6.2CH4O.Li.H2O/c1-6(3-4-9)8(5-12-8)7(10)11-2;1-5(2-3-8)7(4-11-7)6(9)10;3*1-2;;/h6,9H,3-5H2,1-2H3;5,8H,2-4H2,1H3,(H,9,10);1-2H3;2*2H,1H3;;1H2/q;;;;;+1;/p-1/t6-,8-;5-,7-;;;;;/m11...../s1. The van der Waals surface area contributed by atoms with Gasteiger partial charge in [-0.1, -0.05) is 27.7 Å². The number of rotatable bonds is 8. The van der Waals surface area contributed by atoms with Crippen LogP contribution in [-0.4, -0.2) is 102 Å². The van der Waals surface area contributed by atoms with E-state index in [0.29, 0.717) is 19.4 Å². The molecule has 184 valence electrons. The van der Waals surface area contributed by atoms with Crippen molar-refractivity contribution in [2.75, 3.05) is 47.8 Å². The number of ether oxygens (including phenoxy) is 3. The average Bonchev–Trinajstić information content (AvgIpc) is 3.66. The van der Waals surface area contributed by atoms with E-state index in [1.165, 1.54) is 7.11 Å². The van der Waals surface area contributed by atoms with Crippen LogP contribution in [0.2, 0.25) is 0 Å². The summed E-state index contributed by atoms with van der Waals surface area (Å²) in [5.74, 6) is -1.33. The van der Waals surface area contributed by atoms with Crippen LogP contribution in [0.25, 0.3) is 0 Å². The van der Waals surface area contributed by atoms with Crippen LogP contribution < -0.4 is 18.9 Å². The van der Waals surface area contributed by atoms with Gasteiger partial charge >= 0.3 is 30.8 Å². The van der Waals surface area contributed by atoms with E-state index in [4.69, 9.17) is 35.0 Å². The molecular weight excluding hydrogens is 411 g/mol. The quantitative estimate of drug-likeness (QED) is 0.142. The molecule has 0 saturated carbocycles. The molecule has 0 radical (unpaired) electrons. The summed E-state index contributed by atoms with van der Waals surface area (Å²) in [6.45, 7) is 8.44. The van der Waals surface area contributed by atoms with Gasteiger partial charge in [0, 0.05) is 39.3 Å². The second-order valence-electron chi connectivity index (χ2n) is 5.98. The Kier molecular flexibility index (Phi) is 29.4. The van der Waals surface area contributed by atoms with Crippen molar-refractivity contribution in [2.24, 2.45) is 11.8 Å². The number of hydrogen-bond acceptors (Lipinski definition) is 10. The smallest absolute Gasteiger partial charge is 0.870 e. The maximum absolute atomic E-state index is 11.2. The van der Waals surface area contributed by atoms with Crippen molar-refractivity contribution in [1.29, 1.82) is 0 Å². The van der Waals surface area contributed by atoms with E-state index >= 15 is 0 Å². The number of hydrogen-bond donors (Lipinski definition) is 5. The zero-order valence-corrected chi connectivity index (χ0v) is 20.1. The molecule has 0 amide bonds. The van der Waals surface area contributed by atoms with Crippen LogP contribution in [0.4, 0.5) is 0 Å². The molecule has 0 bridgehead atoms. The monoisotopic (exact) mass is 452 g/mol. The van der Waals surface area contributed by atoms with Crippen molar-refractivity contribution in [3.63, 3.8) is 0 Å². The van der Waals surface area contributed by atoms with Gasteiger partial charge in [0.1, 0.15) is 0 Å². The van der Waals surface area contributed by atoms with Gasteiger partial charge < -0.3 is 45.2 Å². The minimum atomic E-state index is -0.983. The van der Waals surface area contributed by atoms with Crippen molar-refractivity contribution in [3.05, 3.63) is 0 Å². The summed E-state index contributed by atoms with van der Waals surface area (Å²) >= 11 is 0. The maximum Gasteiger partial charge on any atom is 1.00 e. The molecule has 2 heterocycles. The van der Waals surface area contributed by atoms with E-state index in [-0.39, 0.29) is 62.0 Å². The van der Waals surface area contributed by atoms with Crippen molar-refractivity contribution < 1.29 is 73.7 Å². The van der Waals surface area contributed by atoms with Crippen LogP contribution in [-0.2, 0) is 23.8 Å². The molecule has 12 heteroatoms. The van der Waals surface area contributed by atoms with Crippen molar-refractivity contribution >= 4 is 11.9 Å². The number of carboxylic acids is 1. The van der Waals surface area contributed by atoms with Crippen molar-refractivity contribution in [2.45, 2.75) is 51.7 Å². The number of aliphatic hydroxyl groups excluding tert-OH is 4. The van der Waals surface area contributed by atoms with Crippen molar-refractivity contribution in [3.8, 4) is 0 Å². The molecule has 2 fully saturated rings. The maximum atomic E-state index is 11.2. The molecule has 0 spiro atoms. The second-order valence-corrected chi connectivity index (χ2v) is 5.98. The van der Waals surface area contributed by atoms with E-state index in [2.05, 4.69) is 4.74 Å². The van der Waals surface area contributed by atoms with Crippen LogP contribution in [0.3, 0.4) is 0 Å². The van der Waals surface area contributed by atoms with Crippen molar-refractivity contribution in [1.82, 2.24) is 0 Å². The third-order valence-electron chi connectivity index (χ3n) is 4.52. The molecule has 0 aromatic carbocycles. The fourth-order valence-corrected chi connectivity index (χ4v) is 2.40. The summed E-state index contributed by atoms with van der Waals surface area (Å²) in [6, 6.07) is 0. The molecule has 2 rings (SSSR count). The largest absolute Gasteiger partial charge is 1.00 e. The Morgan fingerprint density at radius 1 is 0.903 bits per heavy atom. The van der Waals surface area contributed by atoms with Gasteiger partial charge in [-0.25, -0.2) is 9.59 Å². The second kappa shape index (κ2) is 22.5. The molecule has 4 atom stereocenters. The van der Waals surface area contributed by atoms with Gasteiger partial charge in [0.25, 0.3) is 0 Å². The molecule has 0 aliphatic carbocycles. The zero-order valence-electron chi connectivity index (χ0n) is 20.1. The number of carboxylic acid groups (broad SMARTS) is 1. The molecule has 31 heavy (non-hydrogen) atoms. The Morgan fingerprint density at radius 3 is 1.39 bits per heavy atom. The number of aliphatic hydroxyl groups is 4. The Bertz CT molecular complexity index is 427. The first-order valence-corrected chi connectivity index (χ1v) is 9.51. The Morgan fingerprint density at radius 2 is 1.19 bits per heavy atom. The molecule has 0 aromatic rings. The number of esters is 1. The zero-order chi connectivity index (χ0) is 23.7. The van der Waals surface area contributed by atoms with E-state index < -0.39 is 17.2 Å². The van der Waals surface area contributed by atoms with Crippen LogP contribution >= 0.6 is 0 Å². The Labute approximate surface area is 197 Å². The first-order chi connectivity index (χ1) is 13.8. The predicted molar refractivity (Wildman–Crippen MR) is 108 cm³/mol. The molecule has 2 saturated heterocycles. The van der Waals surface area contributed by atoms with E-state index in [1.54, 1.807) is 6.92 Å². The molecule has 2 aliphatic rings. The van der Waals surface area contributed by atoms with E-state index in [9.17, 15) is 9.59 Å². The Balaban J connectivity index is -0.000000111. The van der Waals surface area contributed by atoms with E-state index in [1.807, 2.05) is 20.8 Å². The number of epoxide rings is 2. The van der Waals surface area contributed by atoms with Gasteiger partial charge in [0.15, 0.2) is 11.2 Å². The van der Waals surface area contributed by atoms with Crippen LogP contribution in [0, 0.1) is 11.8 Å². The van der Waals surface area contributed by atoms with Gasteiger partial charge in [-0.3, -0.25) is 0 Å². The molecule has 0 unspecified atom stereocenters.